The summed E-state index contributed by atoms with van der Waals surface area (Å²) in [6.45, 7) is 0.760. The zero-order chi connectivity index (χ0) is 18.6. The van der Waals surface area contributed by atoms with Gasteiger partial charge in [0.15, 0.2) is 5.78 Å². The van der Waals surface area contributed by atoms with Gasteiger partial charge in [-0.05, 0) is 78.6 Å². The number of allylic oxidation sites excluding steroid dienone is 3. The molecule has 3 nitrogen and oxygen atoms in total. The van der Waals surface area contributed by atoms with Gasteiger partial charge >= 0.3 is 0 Å². The number of ether oxygens (including phenoxy) is 2. The van der Waals surface area contributed by atoms with Crippen molar-refractivity contribution >= 4 is 11.9 Å². The minimum atomic E-state index is -0.0180. The van der Waals surface area contributed by atoms with E-state index in [1.54, 1.807) is 13.2 Å². The highest BCUT2D eigenvalue weighted by Crippen LogP contribution is 2.43. The zero-order valence-electron chi connectivity index (χ0n) is 15.5. The Hall–Kier alpha value is -2.81. The van der Waals surface area contributed by atoms with Crippen LogP contribution in [-0.4, -0.2) is 19.5 Å². The molecule has 4 rings (SSSR count). The van der Waals surface area contributed by atoms with E-state index in [4.69, 9.17) is 9.47 Å². The van der Waals surface area contributed by atoms with Gasteiger partial charge in [0, 0.05) is 5.56 Å². The quantitative estimate of drug-likeness (QED) is 0.388. The first-order valence-corrected chi connectivity index (χ1v) is 9.49. The highest BCUT2D eigenvalue weighted by molar-refractivity contribution is 6.06. The minimum absolute atomic E-state index is 0.0180. The van der Waals surface area contributed by atoms with Crippen molar-refractivity contribution in [1.82, 2.24) is 0 Å². The summed E-state index contributed by atoms with van der Waals surface area (Å²) in [4.78, 5) is 12.3. The Morgan fingerprint density at radius 1 is 1.00 bits per heavy atom. The summed E-state index contributed by atoms with van der Waals surface area (Å²) in [5.41, 5.74) is 1.62. The van der Waals surface area contributed by atoms with E-state index in [1.165, 1.54) is 12.8 Å². The van der Waals surface area contributed by atoms with Crippen molar-refractivity contribution in [1.29, 1.82) is 0 Å². The molecule has 0 N–H and O–H groups in total. The average molecular weight is 360 g/mol. The number of benzene rings is 2. The molecule has 2 bridgehead atoms. The van der Waals surface area contributed by atoms with Crippen LogP contribution in [0.1, 0.15) is 28.8 Å². The van der Waals surface area contributed by atoms with Crippen molar-refractivity contribution in [2.75, 3.05) is 13.7 Å². The van der Waals surface area contributed by atoms with E-state index < -0.39 is 0 Å². The number of methoxy groups -OCH3 is 1. The Morgan fingerprint density at radius 3 is 2.37 bits per heavy atom. The molecule has 1 fully saturated rings. The van der Waals surface area contributed by atoms with E-state index in [0.29, 0.717) is 17.4 Å². The lowest BCUT2D eigenvalue weighted by atomic mass is 9.95. The molecule has 0 amide bonds. The van der Waals surface area contributed by atoms with Crippen molar-refractivity contribution in [3.05, 3.63) is 77.9 Å². The largest absolute Gasteiger partial charge is 0.497 e. The van der Waals surface area contributed by atoms with Crippen molar-refractivity contribution in [2.24, 2.45) is 17.8 Å². The van der Waals surface area contributed by atoms with Crippen molar-refractivity contribution in [3.8, 4) is 11.5 Å². The van der Waals surface area contributed by atoms with Gasteiger partial charge in [-0.15, -0.1) is 0 Å². The van der Waals surface area contributed by atoms with Crippen LogP contribution in [0.5, 0.6) is 11.5 Å². The molecular weight excluding hydrogens is 336 g/mol. The van der Waals surface area contributed by atoms with Crippen LogP contribution < -0.4 is 9.47 Å². The fourth-order valence-corrected chi connectivity index (χ4v) is 3.99. The van der Waals surface area contributed by atoms with Gasteiger partial charge in [0.2, 0.25) is 0 Å². The number of rotatable bonds is 7. The molecule has 0 aliphatic heterocycles. The topological polar surface area (TPSA) is 35.5 Å². The van der Waals surface area contributed by atoms with Crippen molar-refractivity contribution < 1.29 is 14.3 Å². The number of carbonyl (C=O) groups excluding carboxylic acids is 1. The summed E-state index contributed by atoms with van der Waals surface area (Å²) in [6.07, 6.45) is 10.6. The summed E-state index contributed by atoms with van der Waals surface area (Å²) in [5, 5.41) is 0. The molecule has 2 aromatic rings. The second kappa shape index (κ2) is 7.83. The molecule has 0 radical (unpaired) electrons. The monoisotopic (exact) mass is 360 g/mol. The Kier molecular flexibility index (Phi) is 5.10. The zero-order valence-corrected chi connectivity index (χ0v) is 15.5. The average Bonchev–Trinajstić information content (AvgIpc) is 3.34. The second-order valence-electron chi connectivity index (χ2n) is 7.35. The number of carbonyl (C=O) groups is 1. The van der Waals surface area contributed by atoms with Crippen LogP contribution in [0.3, 0.4) is 0 Å². The van der Waals surface area contributed by atoms with Gasteiger partial charge in [0.05, 0.1) is 13.7 Å². The molecule has 0 saturated heterocycles. The van der Waals surface area contributed by atoms with Crippen molar-refractivity contribution in [2.45, 2.75) is 12.8 Å². The third-order valence-corrected chi connectivity index (χ3v) is 5.56. The van der Waals surface area contributed by atoms with Crippen LogP contribution in [0.25, 0.3) is 6.08 Å². The maximum absolute atomic E-state index is 12.3. The van der Waals surface area contributed by atoms with Crippen LogP contribution in [0, 0.1) is 17.8 Å². The molecule has 0 heterocycles. The Bertz CT molecular complexity index is 846. The van der Waals surface area contributed by atoms with Gasteiger partial charge < -0.3 is 9.47 Å². The maximum atomic E-state index is 12.3. The second-order valence-corrected chi connectivity index (χ2v) is 7.35. The molecule has 138 valence electrons. The van der Waals surface area contributed by atoms with Crippen LogP contribution in [0.4, 0.5) is 0 Å². The van der Waals surface area contributed by atoms with Gasteiger partial charge in [-0.25, -0.2) is 0 Å². The lowest BCUT2D eigenvalue weighted by Gasteiger charge is -2.18. The van der Waals surface area contributed by atoms with E-state index in [-0.39, 0.29) is 5.78 Å². The molecule has 2 aliphatic rings. The summed E-state index contributed by atoms with van der Waals surface area (Å²) >= 11 is 0. The fourth-order valence-electron chi connectivity index (χ4n) is 3.99. The standard InChI is InChI=1S/C24H24O3/c1-26-22-9-3-17(4-10-22)5-13-24(25)19-7-11-23(12-8-19)27-16-21-15-18-2-6-20(21)14-18/h2-13,18,20-21H,14-16H2,1H3/b13-5+. The van der Waals surface area contributed by atoms with Crippen LogP contribution in [-0.2, 0) is 0 Å². The van der Waals surface area contributed by atoms with Gasteiger partial charge in [-0.3, -0.25) is 4.79 Å². The number of hydrogen-bond donors (Lipinski definition) is 0. The third kappa shape index (κ3) is 4.13. The third-order valence-electron chi connectivity index (χ3n) is 5.56. The predicted molar refractivity (Wildman–Crippen MR) is 107 cm³/mol. The lowest BCUT2D eigenvalue weighted by molar-refractivity contribution is 0.104. The molecule has 3 heteroatoms. The van der Waals surface area contributed by atoms with Gasteiger partial charge in [0.25, 0.3) is 0 Å². The first-order chi connectivity index (χ1) is 13.2. The molecule has 27 heavy (non-hydrogen) atoms. The maximum Gasteiger partial charge on any atom is 0.185 e. The van der Waals surface area contributed by atoms with E-state index in [2.05, 4.69) is 12.2 Å². The highest BCUT2D eigenvalue weighted by Gasteiger charge is 2.35. The number of hydrogen-bond acceptors (Lipinski definition) is 3. The molecule has 0 spiro atoms. The normalized spacial score (nSPS) is 23.1. The SMILES string of the molecule is COc1ccc(/C=C/C(=O)c2ccc(OCC3CC4C=CC3C4)cc2)cc1. The predicted octanol–water partition coefficient (Wildman–Crippen LogP) is 5.18. The van der Waals surface area contributed by atoms with Gasteiger partial charge in [0.1, 0.15) is 11.5 Å². The summed E-state index contributed by atoms with van der Waals surface area (Å²) in [5.74, 6) is 3.71. The summed E-state index contributed by atoms with van der Waals surface area (Å²) in [7, 11) is 1.64. The summed E-state index contributed by atoms with van der Waals surface area (Å²) < 4.78 is 11.1. The highest BCUT2D eigenvalue weighted by atomic mass is 16.5. The Labute approximate surface area is 160 Å². The fraction of sp³-hybridized carbons (Fsp3) is 0.292. The van der Waals surface area contributed by atoms with E-state index in [0.717, 1.165) is 29.6 Å². The van der Waals surface area contributed by atoms with Gasteiger partial charge in [-0.1, -0.05) is 30.4 Å². The lowest BCUT2D eigenvalue weighted by Crippen LogP contribution is -2.16. The minimum Gasteiger partial charge on any atom is -0.497 e. The van der Waals surface area contributed by atoms with E-state index >= 15 is 0 Å². The van der Waals surface area contributed by atoms with Crippen LogP contribution >= 0.6 is 0 Å². The first-order valence-electron chi connectivity index (χ1n) is 9.49. The first kappa shape index (κ1) is 17.6. The van der Waals surface area contributed by atoms with E-state index in [1.807, 2.05) is 54.6 Å². The van der Waals surface area contributed by atoms with Crippen LogP contribution in [0.2, 0.25) is 0 Å². The molecule has 1 saturated carbocycles. The molecule has 3 atom stereocenters. The Morgan fingerprint density at radius 2 is 1.74 bits per heavy atom. The molecule has 0 aromatic heterocycles. The van der Waals surface area contributed by atoms with E-state index in [9.17, 15) is 4.79 Å². The molecular formula is C24H24O3. The number of fused-ring (bicyclic) bond motifs is 2. The number of ketones is 1. The Balaban J connectivity index is 1.31. The summed E-state index contributed by atoms with van der Waals surface area (Å²) in [6, 6.07) is 15.0. The molecule has 2 aliphatic carbocycles. The van der Waals surface area contributed by atoms with Gasteiger partial charge in [-0.2, -0.15) is 0 Å². The van der Waals surface area contributed by atoms with Crippen LogP contribution in [0.15, 0.2) is 66.8 Å². The molecule has 2 aromatic carbocycles. The smallest absolute Gasteiger partial charge is 0.185 e. The molecule has 3 unspecified atom stereocenters. The van der Waals surface area contributed by atoms with Crippen molar-refractivity contribution in [3.63, 3.8) is 0 Å².